The van der Waals surface area contributed by atoms with E-state index in [1.807, 2.05) is 0 Å². The number of esters is 3. The molecule has 0 radical (unpaired) electrons. The van der Waals surface area contributed by atoms with Crippen LogP contribution in [-0.4, -0.2) is 36.7 Å². The van der Waals surface area contributed by atoms with E-state index in [9.17, 15) is 14.4 Å². The molecule has 0 aromatic carbocycles. The van der Waals surface area contributed by atoms with Gasteiger partial charge in [0.05, 0.1) is 5.92 Å². The first-order valence-electron chi connectivity index (χ1n) is 6.65. The van der Waals surface area contributed by atoms with Gasteiger partial charge in [0.2, 0.25) is 0 Å². The zero-order valence-electron chi connectivity index (χ0n) is 10.7. The fourth-order valence-corrected chi connectivity index (χ4v) is 3.49. The Labute approximate surface area is 110 Å². The maximum absolute atomic E-state index is 11.6. The third kappa shape index (κ3) is 1.99. The van der Waals surface area contributed by atoms with Crippen LogP contribution in [0.1, 0.15) is 26.2 Å². The van der Waals surface area contributed by atoms with Gasteiger partial charge < -0.3 is 14.2 Å². The molecule has 1 saturated heterocycles. The van der Waals surface area contributed by atoms with Crippen LogP contribution < -0.4 is 0 Å². The second-order valence-corrected chi connectivity index (χ2v) is 5.37. The second-order valence-electron chi connectivity index (χ2n) is 5.37. The highest BCUT2D eigenvalue weighted by atomic mass is 16.6. The van der Waals surface area contributed by atoms with Gasteiger partial charge in [-0.1, -0.05) is 6.92 Å². The van der Waals surface area contributed by atoms with Crippen molar-refractivity contribution in [2.75, 3.05) is 6.61 Å². The molecule has 5 atom stereocenters. The lowest BCUT2D eigenvalue weighted by atomic mass is 9.88. The molecule has 0 amide bonds. The van der Waals surface area contributed by atoms with E-state index in [0.29, 0.717) is 0 Å². The van der Waals surface area contributed by atoms with Crippen molar-refractivity contribution >= 4 is 17.9 Å². The monoisotopic (exact) mass is 268 g/mol. The number of hydrogen-bond acceptors (Lipinski definition) is 6. The highest BCUT2D eigenvalue weighted by Crippen LogP contribution is 2.55. The smallest absolute Gasteiger partial charge is 0.344 e. The number of rotatable bonds is 4. The molecule has 6 heteroatoms. The van der Waals surface area contributed by atoms with Crippen molar-refractivity contribution in [2.24, 2.45) is 17.8 Å². The molecular weight excluding hydrogens is 252 g/mol. The largest absolute Gasteiger partial charge is 0.458 e. The molecule has 0 aromatic heterocycles. The summed E-state index contributed by atoms with van der Waals surface area (Å²) in [6.07, 6.45) is 1.20. The molecule has 6 nitrogen and oxygen atoms in total. The molecule has 0 spiro atoms. The zero-order valence-corrected chi connectivity index (χ0v) is 10.7. The molecule has 2 saturated carbocycles. The summed E-state index contributed by atoms with van der Waals surface area (Å²) in [5, 5.41) is 0. The Bertz CT molecular complexity index is 431. The Morgan fingerprint density at radius 2 is 2.11 bits per heavy atom. The average Bonchev–Trinajstić information content (AvgIpc) is 3.00. The predicted octanol–water partition coefficient (Wildman–Crippen LogP) is 0.433. The minimum absolute atomic E-state index is 0.00266. The van der Waals surface area contributed by atoms with E-state index in [1.54, 1.807) is 6.92 Å². The van der Waals surface area contributed by atoms with E-state index in [1.165, 1.54) is 0 Å². The van der Waals surface area contributed by atoms with Crippen molar-refractivity contribution in [2.45, 2.75) is 38.4 Å². The predicted molar refractivity (Wildman–Crippen MR) is 60.7 cm³/mol. The molecule has 104 valence electrons. The van der Waals surface area contributed by atoms with Crippen LogP contribution in [0.3, 0.4) is 0 Å². The minimum Gasteiger partial charge on any atom is -0.458 e. The third-order valence-electron chi connectivity index (χ3n) is 4.32. The summed E-state index contributed by atoms with van der Waals surface area (Å²) >= 11 is 0. The standard InChI is InChI=1S/C13H16O6/c1-2-9(14)17-5-10(15)18-11-6-3-7-8(4-6)13(16)19-12(7)11/h6-8,11-12H,2-5H2,1H3. The van der Waals surface area contributed by atoms with Crippen molar-refractivity contribution < 1.29 is 28.6 Å². The van der Waals surface area contributed by atoms with E-state index in [-0.39, 0.29) is 49.0 Å². The molecule has 0 aromatic rings. The molecule has 2 bridgehead atoms. The number of fused-ring (bicyclic) bond motifs is 1. The van der Waals surface area contributed by atoms with E-state index in [2.05, 4.69) is 0 Å². The Kier molecular flexibility index (Phi) is 2.95. The summed E-state index contributed by atoms with van der Waals surface area (Å²) in [6, 6.07) is 0. The van der Waals surface area contributed by atoms with Gasteiger partial charge in [-0.2, -0.15) is 0 Å². The number of ether oxygens (including phenoxy) is 3. The summed E-state index contributed by atoms with van der Waals surface area (Å²) in [7, 11) is 0. The highest BCUT2D eigenvalue weighted by Gasteiger charge is 2.63. The van der Waals surface area contributed by atoms with Crippen LogP contribution in [-0.2, 0) is 28.6 Å². The van der Waals surface area contributed by atoms with Crippen molar-refractivity contribution in [1.82, 2.24) is 0 Å². The van der Waals surface area contributed by atoms with E-state index >= 15 is 0 Å². The van der Waals surface area contributed by atoms with Gasteiger partial charge in [-0.15, -0.1) is 0 Å². The Hall–Kier alpha value is -1.59. The van der Waals surface area contributed by atoms with Crippen molar-refractivity contribution in [3.8, 4) is 0 Å². The SMILES string of the molecule is CCC(=O)OCC(=O)OC1C2CC3C(=O)OC1C3C2. The third-order valence-corrected chi connectivity index (χ3v) is 4.32. The van der Waals surface area contributed by atoms with Gasteiger partial charge in [-0.05, 0) is 12.8 Å². The van der Waals surface area contributed by atoms with Gasteiger partial charge in [0.15, 0.2) is 6.61 Å². The first kappa shape index (κ1) is 12.4. The zero-order chi connectivity index (χ0) is 13.6. The van der Waals surface area contributed by atoms with Crippen molar-refractivity contribution in [3.63, 3.8) is 0 Å². The number of carbonyl (C=O) groups is 3. The van der Waals surface area contributed by atoms with Crippen LogP contribution in [0, 0.1) is 17.8 Å². The van der Waals surface area contributed by atoms with Gasteiger partial charge >= 0.3 is 17.9 Å². The summed E-state index contributed by atoms with van der Waals surface area (Å²) in [6.45, 7) is 1.28. The lowest BCUT2D eigenvalue weighted by Crippen LogP contribution is -2.37. The summed E-state index contributed by atoms with van der Waals surface area (Å²) in [5.41, 5.74) is 0. The summed E-state index contributed by atoms with van der Waals surface area (Å²) in [5.74, 6) is -0.752. The average molecular weight is 268 g/mol. The van der Waals surface area contributed by atoms with E-state index in [4.69, 9.17) is 14.2 Å². The van der Waals surface area contributed by atoms with Crippen LogP contribution in [0.2, 0.25) is 0 Å². The maximum atomic E-state index is 11.6. The van der Waals surface area contributed by atoms with Gasteiger partial charge in [-0.25, -0.2) is 4.79 Å². The topological polar surface area (TPSA) is 78.9 Å². The molecule has 2 aliphatic carbocycles. The van der Waals surface area contributed by atoms with Crippen LogP contribution in [0.25, 0.3) is 0 Å². The lowest BCUT2D eigenvalue weighted by Gasteiger charge is -2.25. The van der Waals surface area contributed by atoms with Crippen LogP contribution in [0.15, 0.2) is 0 Å². The quantitative estimate of drug-likeness (QED) is 0.543. The molecule has 5 unspecified atom stereocenters. The van der Waals surface area contributed by atoms with Gasteiger partial charge in [0.1, 0.15) is 12.2 Å². The maximum Gasteiger partial charge on any atom is 0.344 e. The Morgan fingerprint density at radius 1 is 1.32 bits per heavy atom. The number of carbonyl (C=O) groups excluding carboxylic acids is 3. The molecule has 3 rings (SSSR count). The second kappa shape index (κ2) is 4.51. The first-order chi connectivity index (χ1) is 9.10. The Morgan fingerprint density at radius 3 is 2.84 bits per heavy atom. The van der Waals surface area contributed by atoms with Crippen LogP contribution >= 0.6 is 0 Å². The molecule has 1 heterocycles. The number of hydrogen-bond donors (Lipinski definition) is 0. The molecule has 0 N–H and O–H groups in total. The molecule has 19 heavy (non-hydrogen) atoms. The fraction of sp³-hybridized carbons (Fsp3) is 0.769. The van der Waals surface area contributed by atoms with Gasteiger partial charge in [0, 0.05) is 18.3 Å². The lowest BCUT2D eigenvalue weighted by molar-refractivity contribution is -0.169. The molecule has 3 fully saturated rings. The van der Waals surface area contributed by atoms with Gasteiger partial charge in [0.25, 0.3) is 0 Å². The van der Waals surface area contributed by atoms with Crippen molar-refractivity contribution in [3.05, 3.63) is 0 Å². The van der Waals surface area contributed by atoms with E-state index in [0.717, 1.165) is 12.8 Å². The van der Waals surface area contributed by atoms with Gasteiger partial charge in [-0.3, -0.25) is 9.59 Å². The minimum atomic E-state index is -0.571. The van der Waals surface area contributed by atoms with Crippen LogP contribution in [0.5, 0.6) is 0 Å². The molecule has 1 aliphatic heterocycles. The molecular formula is C13H16O6. The molecule has 3 aliphatic rings. The highest BCUT2D eigenvalue weighted by molar-refractivity contribution is 5.78. The normalized spacial score (nSPS) is 38.2. The van der Waals surface area contributed by atoms with Crippen LogP contribution in [0.4, 0.5) is 0 Å². The summed E-state index contributed by atoms with van der Waals surface area (Å²) < 4.78 is 15.3. The Balaban J connectivity index is 1.55. The first-order valence-corrected chi connectivity index (χ1v) is 6.65. The van der Waals surface area contributed by atoms with Crippen molar-refractivity contribution in [1.29, 1.82) is 0 Å². The summed E-state index contributed by atoms with van der Waals surface area (Å²) in [4.78, 5) is 34.1. The van der Waals surface area contributed by atoms with E-state index < -0.39 is 11.9 Å². The fourth-order valence-electron chi connectivity index (χ4n) is 3.49.